The number of nitrogens with one attached hydrogen (secondary N) is 2. The Morgan fingerprint density at radius 3 is 2.64 bits per heavy atom. The van der Waals surface area contributed by atoms with Crippen molar-refractivity contribution in [1.82, 2.24) is 15.6 Å². The van der Waals surface area contributed by atoms with Crippen LogP contribution in [0.25, 0.3) is 0 Å². The molecule has 2 bridgehead atoms. The summed E-state index contributed by atoms with van der Waals surface area (Å²) in [4.78, 5) is 17.7. The van der Waals surface area contributed by atoms with E-state index in [1.807, 2.05) is 6.20 Å². The van der Waals surface area contributed by atoms with E-state index in [0.29, 0.717) is 31.0 Å². The molecule has 1 aromatic heterocycles. The molecule has 0 spiro atoms. The summed E-state index contributed by atoms with van der Waals surface area (Å²) >= 11 is 1.70. The lowest BCUT2D eigenvalue weighted by atomic mass is 9.89. The first kappa shape index (κ1) is 19.7. The smallest absolute Gasteiger partial charge is 0.220 e. The van der Waals surface area contributed by atoms with Crippen molar-refractivity contribution in [2.45, 2.75) is 64.1 Å². The first-order chi connectivity index (χ1) is 9.72. The van der Waals surface area contributed by atoms with E-state index < -0.39 is 0 Å². The molecule has 126 valence electrons. The Balaban J connectivity index is 0.00000121. The summed E-state index contributed by atoms with van der Waals surface area (Å²) < 4.78 is 0. The molecule has 4 nitrogen and oxygen atoms in total. The Bertz CT molecular complexity index is 471. The van der Waals surface area contributed by atoms with Crippen LogP contribution in [0, 0.1) is 5.92 Å². The van der Waals surface area contributed by atoms with Crippen molar-refractivity contribution in [3.8, 4) is 0 Å². The molecule has 0 aromatic carbocycles. The van der Waals surface area contributed by atoms with E-state index in [4.69, 9.17) is 0 Å². The van der Waals surface area contributed by atoms with Crippen molar-refractivity contribution < 1.29 is 4.79 Å². The molecule has 2 aliphatic heterocycles. The van der Waals surface area contributed by atoms with Gasteiger partial charge in [0.1, 0.15) is 5.01 Å². The van der Waals surface area contributed by atoms with Crippen LogP contribution in [0.2, 0.25) is 0 Å². The lowest BCUT2D eigenvalue weighted by molar-refractivity contribution is -0.122. The summed E-state index contributed by atoms with van der Waals surface area (Å²) in [7, 11) is 0. The number of rotatable bonds is 5. The average Bonchev–Trinajstić information content (AvgIpc) is 3.03. The largest absolute Gasteiger partial charge is 0.350 e. The number of amides is 1. The maximum absolute atomic E-state index is 12.0. The Morgan fingerprint density at radius 1 is 1.36 bits per heavy atom. The van der Waals surface area contributed by atoms with E-state index in [1.165, 1.54) is 30.6 Å². The van der Waals surface area contributed by atoms with Gasteiger partial charge in [-0.25, -0.2) is 4.98 Å². The number of halogens is 2. The molecule has 0 radical (unpaired) electrons. The molecular formula is C15H25Cl2N3OS. The molecule has 0 saturated carbocycles. The van der Waals surface area contributed by atoms with Crippen LogP contribution in [-0.2, 0) is 17.8 Å². The Labute approximate surface area is 148 Å². The Kier molecular flexibility index (Phi) is 8.11. The molecule has 1 aromatic rings. The predicted molar refractivity (Wildman–Crippen MR) is 95.1 cm³/mol. The minimum atomic E-state index is 0. The molecule has 22 heavy (non-hydrogen) atoms. The number of aryl methyl sites for hydroxylation is 1. The zero-order chi connectivity index (χ0) is 13.9. The van der Waals surface area contributed by atoms with Crippen molar-refractivity contribution in [2.24, 2.45) is 5.92 Å². The van der Waals surface area contributed by atoms with Gasteiger partial charge in [-0.3, -0.25) is 4.79 Å². The third-order valence-electron chi connectivity index (χ3n) is 4.43. The molecule has 3 rings (SSSR count). The quantitative estimate of drug-likeness (QED) is 0.842. The van der Waals surface area contributed by atoms with Crippen LogP contribution in [0.1, 0.15) is 48.9 Å². The second kappa shape index (κ2) is 9.06. The molecule has 2 N–H and O–H groups in total. The second-order valence-electron chi connectivity index (χ2n) is 6.03. The maximum atomic E-state index is 12.0. The normalized spacial score (nSPS) is 26.0. The maximum Gasteiger partial charge on any atom is 0.220 e. The first-order valence-corrected chi connectivity index (χ1v) is 8.51. The summed E-state index contributed by atoms with van der Waals surface area (Å²) in [5.41, 5.74) is 0. The van der Waals surface area contributed by atoms with Crippen molar-refractivity contribution in [1.29, 1.82) is 0 Å². The number of nitrogens with zero attached hydrogens (tertiary/aromatic N) is 1. The second-order valence-corrected chi connectivity index (χ2v) is 7.23. The minimum absolute atomic E-state index is 0. The van der Waals surface area contributed by atoms with Crippen molar-refractivity contribution in [2.75, 3.05) is 0 Å². The molecule has 2 aliphatic rings. The highest BCUT2D eigenvalue weighted by atomic mass is 35.5. The fourth-order valence-corrected chi connectivity index (χ4v) is 4.25. The monoisotopic (exact) mass is 365 g/mol. The van der Waals surface area contributed by atoms with Gasteiger partial charge < -0.3 is 10.6 Å². The molecular weight excluding hydrogens is 341 g/mol. The van der Waals surface area contributed by atoms with Gasteiger partial charge in [-0.1, -0.05) is 6.92 Å². The molecule has 2 fully saturated rings. The standard InChI is InChI=1S/C15H23N3OS.2ClH/c1-2-13-8-17-15(20-13)9-16-14(19)7-10-5-11-3-4-12(6-10)18-11;;/h8,10-12,18H,2-7,9H2,1H3,(H,16,19);2*1H. The van der Waals surface area contributed by atoms with Gasteiger partial charge in [-0.15, -0.1) is 36.2 Å². The zero-order valence-corrected chi connectivity index (χ0v) is 15.3. The van der Waals surface area contributed by atoms with Crippen molar-refractivity contribution >= 4 is 42.1 Å². The van der Waals surface area contributed by atoms with E-state index in [2.05, 4.69) is 22.5 Å². The van der Waals surface area contributed by atoms with Gasteiger partial charge in [0.25, 0.3) is 0 Å². The third kappa shape index (κ3) is 5.08. The summed E-state index contributed by atoms with van der Waals surface area (Å²) in [6, 6.07) is 1.33. The number of carbonyl (C=O) groups is 1. The van der Waals surface area contributed by atoms with Gasteiger partial charge in [0.2, 0.25) is 5.91 Å². The number of aromatic nitrogens is 1. The van der Waals surface area contributed by atoms with Gasteiger partial charge in [-0.2, -0.15) is 0 Å². The van der Waals surface area contributed by atoms with Crippen LogP contribution in [0.4, 0.5) is 0 Å². The molecule has 2 unspecified atom stereocenters. The SMILES string of the molecule is CCc1cnc(CNC(=O)CC2CC3CCC(C2)N3)s1.Cl.Cl. The third-order valence-corrected chi connectivity index (χ3v) is 5.57. The average molecular weight is 366 g/mol. The fourth-order valence-electron chi connectivity index (χ4n) is 3.44. The topological polar surface area (TPSA) is 54.0 Å². The summed E-state index contributed by atoms with van der Waals surface area (Å²) in [6.45, 7) is 2.71. The van der Waals surface area contributed by atoms with Crippen LogP contribution in [0.5, 0.6) is 0 Å². The lowest BCUT2D eigenvalue weighted by Gasteiger charge is -2.28. The van der Waals surface area contributed by atoms with E-state index in [-0.39, 0.29) is 30.7 Å². The number of hydrogen-bond donors (Lipinski definition) is 2. The highest BCUT2D eigenvalue weighted by Gasteiger charge is 2.34. The molecule has 7 heteroatoms. The molecule has 0 aliphatic carbocycles. The highest BCUT2D eigenvalue weighted by Crippen LogP contribution is 2.32. The molecule has 1 amide bonds. The van der Waals surface area contributed by atoms with E-state index >= 15 is 0 Å². The number of piperidine rings is 1. The number of carbonyl (C=O) groups excluding carboxylic acids is 1. The Hall–Kier alpha value is -0.360. The van der Waals surface area contributed by atoms with Crippen LogP contribution < -0.4 is 10.6 Å². The highest BCUT2D eigenvalue weighted by molar-refractivity contribution is 7.11. The van der Waals surface area contributed by atoms with Gasteiger partial charge in [-0.05, 0) is 38.0 Å². The summed E-state index contributed by atoms with van der Waals surface area (Å²) in [5, 5.41) is 7.66. The summed E-state index contributed by atoms with van der Waals surface area (Å²) in [5.74, 6) is 0.751. The van der Waals surface area contributed by atoms with E-state index in [1.54, 1.807) is 11.3 Å². The van der Waals surface area contributed by atoms with Gasteiger partial charge in [0.15, 0.2) is 0 Å². The van der Waals surface area contributed by atoms with E-state index in [0.717, 1.165) is 11.4 Å². The number of fused-ring (bicyclic) bond motifs is 2. The van der Waals surface area contributed by atoms with Crippen molar-refractivity contribution in [3.05, 3.63) is 16.1 Å². The minimum Gasteiger partial charge on any atom is -0.350 e. The predicted octanol–water partition coefficient (Wildman–Crippen LogP) is 3.09. The molecule has 3 heterocycles. The van der Waals surface area contributed by atoms with Crippen LogP contribution in [-0.4, -0.2) is 23.0 Å². The summed E-state index contributed by atoms with van der Waals surface area (Å²) in [6.07, 6.45) is 8.53. The van der Waals surface area contributed by atoms with Crippen LogP contribution in [0.15, 0.2) is 6.20 Å². The fraction of sp³-hybridized carbons (Fsp3) is 0.733. The van der Waals surface area contributed by atoms with E-state index in [9.17, 15) is 4.79 Å². The number of hydrogen-bond acceptors (Lipinski definition) is 4. The molecule has 2 saturated heterocycles. The Morgan fingerprint density at radius 2 is 2.05 bits per heavy atom. The lowest BCUT2D eigenvalue weighted by Crippen LogP contribution is -2.39. The van der Waals surface area contributed by atoms with Crippen molar-refractivity contribution in [3.63, 3.8) is 0 Å². The number of thiazole rings is 1. The van der Waals surface area contributed by atoms with Gasteiger partial charge >= 0.3 is 0 Å². The van der Waals surface area contributed by atoms with Crippen LogP contribution in [0.3, 0.4) is 0 Å². The van der Waals surface area contributed by atoms with Crippen LogP contribution >= 0.6 is 36.2 Å². The zero-order valence-electron chi connectivity index (χ0n) is 12.8. The van der Waals surface area contributed by atoms with Gasteiger partial charge in [0.05, 0.1) is 6.54 Å². The first-order valence-electron chi connectivity index (χ1n) is 7.69. The molecule has 2 atom stereocenters. The van der Waals surface area contributed by atoms with Gasteiger partial charge in [0, 0.05) is 29.6 Å².